The van der Waals surface area contributed by atoms with E-state index >= 15 is 0 Å². The first-order valence-electron chi connectivity index (χ1n) is 6.16. The summed E-state index contributed by atoms with van der Waals surface area (Å²) in [6.07, 6.45) is 1.92. The maximum Gasteiger partial charge on any atom is 0.159 e. The number of aliphatic hydroxyl groups is 1. The number of halogens is 2. The van der Waals surface area contributed by atoms with Gasteiger partial charge in [-0.3, -0.25) is 4.68 Å². The van der Waals surface area contributed by atoms with E-state index in [0.717, 1.165) is 12.1 Å². The van der Waals surface area contributed by atoms with E-state index in [9.17, 15) is 13.9 Å². The topological polar surface area (TPSA) is 61.8 Å². The summed E-state index contributed by atoms with van der Waals surface area (Å²) in [5.41, 5.74) is 1.23. The zero-order valence-corrected chi connectivity index (χ0v) is 11.3. The lowest BCUT2D eigenvalue weighted by Crippen LogP contribution is -2.03. The highest BCUT2D eigenvalue weighted by molar-refractivity contribution is 5.67. The normalized spacial score (nSPS) is 12.0. The summed E-state index contributed by atoms with van der Waals surface area (Å²) >= 11 is 0. The molecule has 0 spiro atoms. The number of nitriles is 1. The molecule has 21 heavy (non-hydrogen) atoms. The van der Waals surface area contributed by atoms with Crippen molar-refractivity contribution >= 4 is 0 Å². The van der Waals surface area contributed by atoms with Crippen molar-refractivity contribution in [2.45, 2.75) is 12.5 Å². The molecular weight excluding hydrogens is 276 g/mol. The highest BCUT2D eigenvalue weighted by atomic mass is 19.2. The number of aryl methyl sites for hydroxylation is 1. The third-order valence-corrected chi connectivity index (χ3v) is 3.07. The number of hydrogen-bond donors (Lipinski definition) is 1. The van der Waals surface area contributed by atoms with Crippen molar-refractivity contribution in [1.82, 2.24) is 9.78 Å². The average molecular weight is 289 g/mol. The standard InChI is InChI=1S/C15H13F2N3O/c1-9(6-18)3-15(21)12-5-14(17)13(16)4-11(12)10-7-19-20(2)8-10/h4-5,7-8,15,21H,1,3H2,2H3. The molecule has 1 heterocycles. The molecule has 2 rings (SSSR count). The van der Waals surface area contributed by atoms with Gasteiger partial charge in [0.15, 0.2) is 11.6 Å². The Labute approximate surface area is 120 Å². The van der Waals surface area contributed by atoms with Crippen LogP contribution in [0.2, 0.25) is 0 Å². The Bertz CT molecular complexity index is 731. The summed E-state index contributed by atoms with van der Waals surface area (Å²) in [6, 6.07) is 3.77. The molecule has 6 heteroatoms. The molecular formula is C15H13F2N3O. The van der Waals surface area contributed by atoms with Gasteiger partial charge in [0.25, 0.3) is 0 Å². The Kier molecular flexibility index (Phi) is 4.15. The summed E-state index contributed by atoms with van der Waals surface area (Å²) < 4.78 is 28.5. The maximum absolute atomic E-state index is 13.5. The second-order valence-corrected chi connectivity index (χ2v) is 4.69. The van der Waals surface area contributed by atoms with Crippen LogP contribution in [0.15, 0.2) is 36.7 Å². The van der Waals surface area contributed by atoms with Gasteiger partial charge in [-0.25, -0.2) is 8.78 Å². The monoisotopic (exact) mass is 289 g/mol. The average Bonchev–Trinajstić information content (AvgIpc) is 2.87. The van der Waals surface area contributed by atoms with Gasteiger partial charge in [0.2, 0.25) is 0 Å². The Hall–Kier alpha value is -2.52. The van der Waals surface area contributed by atoms with Crippen LogP contribution in [-0.4, -0.2) is 14.9 Å². The smallest absolute Gasteiger partial charge is 0.159 e. The Morgan fingerprint density at radius 3 is 2.71 bits per heavy atom. The third kappa shape index (κ3) is 3.15. The van der Waals surface area contributed by atoms with Gasteiger partial charge in [0.1, 0.15) is 0 Å². The molecule has 1 unspecified atom stereocenters. The molecule has 108 valence electrons. The second-order valence-electron chi connectivity index (χ2n) is 4.69. The van der Waals surface area contributed by atoms with Gasteiger partial charge in [-0.15, -0.1) is 0 Å². The molecule has 1 N–H and O–H groups in total. The molecule has 4 nitrogen and oxygen atoms in total. The lowest BCUT2D eigenvalue weighted by atomic mass is 9.94. The van der Waals surface area contributed by atoms with E-state index in [0.29, 0.717) is 11.1 Å². The highest BCUT2D eigenvalue weighted by Crippen LogP contribution is 2.32. The molecule has 1 aromatic carbocycles. The summed E-state index contributed by atoms with van der Waals surface area (Å²) in [6.45, 7) is 3.48. The van der Waals surface area contributed by atoms with Gasteiger partial charge >= 0.3 is 0 Å². The quantitative estimate of drug-likeness (QED) is 0.880. The van der Waals surface area contributed by atoms with Crippen LogP contribution in [0.1, 0.15) is 18.1 Å². The van der Waals surface area contributed by atoms with E-state index in [-0.39, 0.29) is 17.6 Å². The Balaban J connectivity index is 2.51. The molecule has 0 fully saturated rings. The van der Waals surface area contributed by atoms with Crippen LogP contribution < -0.4 is 0 Å². The zero-order valence-electron chi connectivity index (χ0n) is 11.3. The van der Waals surface area contributed by atoms with Crippen LogP contribution in [-0.2, 0) is 7.05 Å². The van der Waals surface area contributed by atoms with Gasteiger partial charge in [0.05, 0.1) is 18.4 Å². The molecule has 0 aliphatic carbocycles. The summed E-state index contributed by atoms with van der Waals surface area (Å²) in [5.74, 6) is -2.07. The minimum atomic E-state index is -1.15. The molecule has 0 aliphatic rings. The largest absolute Gasteiger partial charge is 0.388 e. The van der Waals surface area contributed by atoms with Crippen LogP contribution in [0.5, 0.6) is 0 Å². The van der Waals surface area contributed by atoms with Crippen LogP contribution >= 0.6 is 0 Å². The first kappa shape index (κ1) is 14.9. The number of aliphatic hydroxyl groups excluding tert-OH is 1. The Morgan fingerprint density at radius 1 is 1.48 bits per heavy atom. The molecule has 0 bridgehead atoms. The number of benzene rings is 1. The molecule has 0 aliphatic heterocycles. The molecule has 0 saturated carbocycles. The molecule has 0 amide bonds. The van der Waals surface area contributed by atoms with Crippen molar-refractivity contribution < 1.29 is 13.9 Å². The molecule has 1 aromatic heterocycles. The van der Waals surface area contributed by atoms with Crippen LogP contribution in [0.25, 0.3) is 11.1 Å². The van der Waals surface area contributed by atoms with E-state index in [4.69, 9.17) is 5.26 Å². The van der Waals surface area contributed by atoms with E-state index in [1.54, 1.807) is 13.2 Å². The van der Waals surface area contributed by atoms with E-state index in [1.165, 1.54) is 10.9 Å². The van der Waals surface area contributed by atoms with Gasteiger partial charge in [-0.1, -0.05) is 6.58 Å². The van der Waals surface area contributed by atoms with Crippen molar-refractivity contribution in [3.8, 4) is 17.2 Å². The number of rotatable bonds is 4. The first-order chi connectivity index (χ1) is 9.92. The lowest BCUT2D eigenvalue weighted by Gasteiger charge is -2.15. The lowest BCUT2D eigenvalue weighted by molar-refractivity contribution is 0.179. The fourth-order valence-electron chi connectivity index (χ4n) is 2.04. The fourth-order valence-corrected chi connectivity index (χ4v) is 2.04. The van der Waals surface area contributed by atoms with Gasteiger partial charge in [-0.2, -0.15) is 10.4 Å². The van der Waals surface area contributed by atoms with Crippen molar-refractivity contribution in [3.05, 3.63) is 53.9 Å². The summed E-state index contributed by atoms with van der Waals surface area (Å²) in [4.78, 5) is 0. The molecule has 2 aromatic rings. The number of nitrogens with zero attached hydrogens (tertiary/aromatic N) is 3. The molecule has 0 radical (unpaired) electrons. The molecule has 0 saturated heterocycles. The third-order valence-electron chi connectivity index (χ3n) is 3.07. The van der Waals surface area contributed by atoms with Crippen molar-refractivity contribution in [3.63, 3.8) is 0 Å². The van der Waals surface area contributed by atoms with E-state index in [1.807, 2.05) is 6.07 Å². The van der Waals surface area contributed by atoms with E-state index < -0.39 is 17.7 Å². The summed E-state index contributed by atoms with van der Waals surface area (Å²) in [7, 11) is 1.69. The first-order valence-corrected chi connectivity index (χ1v) is 6.16. The number of hydrogen-bond acceptors (Lipinski definition) is 3. The Morgan fingerprint density at radius 2 is 2.14 bits per heavy atom. The molecule has 1 atom stereocenters. The minimum Gasteiger partial charge on any atom is -0.388 e. The predicted molar refractivity (Wildman–Crippen MR) is 72.9 cm³/mol. The van der Waals surface area contributed by atoms with Crippen LogP contribution in [0, 0.1) is 23.0 Å². The predicted octanol–water partition coefficient (Wildman–Crippen LogP) is 2.87. The van der Waals surface area contributed by atoms with Crippen LogP contribution in [0.4, 0.5) is 8.78 Å². The van der Waals surface area contributed by atoms with Crippen molar-refractivity contribution in [2.75, 3.05) is 0 Å². The zero-order chi connectivity index (χ0) is 15.6. The number of aromatic nitrogens is 2. The van der Waals surface area contributed by atoms with E-state index in [2.05, 4.69) is 11.7 Å². The fraction of sp³-hybridized carbons (Fsp3) is 0.200. The van der Waals surface area contributed by atoms with Gasteiger partial charge < -0.3 is 5.11 Å². The van der Waals surface area contributed by atoms with Crippen molar-refractivity contribution in [2.24, 2.45) is 7.05 Å². The highest BCUT2D eigenvalue weighted by Gasteiger charge is 2.19. The van der Waals surface area contributed by atoms with Crippen LogP contribution in [0.3, 0.4) is 0 Å². The van der Waals surface area contributed by atoms with Crippen molar-refractivity contribution in [1.29, 1.82) is 5.26 Å². The maximum atomic E-state index is 13.5. The van der Waals surface area contributed by atoms with Gasteiger partial charge in [0, 0.05) is 30.8 Å². The second kappa shape index (κ2) is 5.85. The SMILES string of the molecule is C=C(C#N)CC(O)c1cc(F)c(F)cc1-c1cnn(C)c1. The van der Waals surface area contributed by atoms with Gasteiger partial charge in [-0.05, 0) is 23.3 Å². The summed E-state index contributed by atoms with van der Waals surface area (Å²) in [5, 5.41) is 22.8. The minimum absolute atomic E-state index is 0.0468.